The molecule has 0 unspecified atom stereocenters. The van der Waals surface area contributed by atoms with Crippen LogP contribution in [0.15, 0.2) is 41.4 Å². The molecule has 0 bridgehead atoms. The minimum absolute atomic E-state index is 0. The number of guanidine groups is 1. The number of hydrogen-bond donors (Lipinski definition) is 1. The van der Waals surface area contributed by atoms with Gasteiger partial charge in [0, 0.05) is 52.7 Å². The molecule has 1 aromatic heterocycles. The molecule has 8 heteroatoms. The highest BCUT2D eigenvalue weighted by Crippen LogP contribution is 2.14. The van der Waals surface area contributed by atoms with Crippen LogP contribution in [-0.4, -0.2) is 70.3 Å². The van der Waals surface area contributed by atoms with Crippen LogP contribution in [0, 0.1) is 0 Å². The second-order valence-corrected chi connectivity index (χ2v) is 7.29. The molecule has 2 aliphatic rings. The number of nitrogens with one attached hydrogen (secondary N) is 1. The molecule has 4 rings (SSSR count). The van der Waals surface area contributed by atoms with E-state index in [9.17, 15) is 0 Å². The largest absolute Gasteiger partial charge is 0.349 e. The maximum Gasteiger partial charge on any atom is 0.194 e. The maximum atomic E-state index is 4.47. The average Bonchev–Trinajstić information content (AvgIpc) is 3.35. The molecule has 29 heavy (non-hydrogen) atoms. The van der Waals surface area contributed by atoms with E-state index >= 15 is 0 Å². The van der Waals surface area contributed by atoms with E-state index in [0.29, 0.717) is 6.54 Å². The molecule has 156 valence electrons. The van der Waals surface area contributed by atoms with Crippen molar-refractivity contribution < 1.29 is 0 Å². The Bertz CT molecular complexity index is 823. The highest BCUT2D eigenvalue weighted by atomic mass is 127. The normalized spacial score (nSPS) is 17.4. The molecule has 3 heterocycles. The van der Waals surface area contributed by atoms with Crippen LogP contribution >= 0.6 is 24.0 Å². The Morgan fingerprint density at radius 1 is 1.10 bits per heavy atom. The first-order valence-corrected chi connectivity index (χ1v) is 10.1. The Hall–Kier alpha value is -1.94. The van der Waals surface area contributed by atoms with E-state index in [1.807, 2.05) is 13.1 Å². The van der Waals surface area contributed by atoms with Gasteiger partial charge in [-0.2, -0.15) is 0 Å². The van der Waals surface area contributed by atoms with E-state index < -0.39 is 0 Å². The molecular formula is C21H30IN7. The molecule has 1 aromatic carbocycles. The number of nitrogens with zero attached hydrogens (tertiary/aromatic N) is 6. The fourth-order valence-corrected chi connectivity index (χ4v) is 3.88. The monoisotopic (exact) mass is 507 g/mol. The Morgan fingerprint density at radius 3 is 2.66 bits per heavy atom. The molecule has 0 saturated carbocycles. The molecule has 0 spiro atoms. The zero-order valence-corrected chi connectivity index (χ0v) is 19.3. The van der Waals surface area contributed by atoms with Crippen LogP contribution in [-0.2, 0) is 19.5 Å². The van der Waals surface area contributed by atoms with Crippen LogP contribution in [0.1, 0.15) is 23.6 Å². The third-order valence-corrected chi connectivity index (χ3v) is 5.45. The molecule has 0 atom stereocenters. The van der Waals surface area contributed by atoms with Crippen molar-refractivity contribution in [1.82, 2.24) is 29.9 Å². The smallest absolute Gasteiger partial charge is 0.194 e. The van der Waals surface area contributed by atoms with E-state index in [2.05, 4.69) is 71.3 Å². The molecule has 1 fully saturated rings. The fourth-order valence-electron chi connectivity index (χ4n) is 3.88. The van der Waals surface area contributed by atoms with Gasteiger partial charge in [0.2, 0.25) is 0 Å². The first kappa shape index (κ1) is 21.8. The van der Waals surface area contributed by atoms with Gasteiger partial charge in [0.15, 0.2) is 11.8 Å². The maximum absolute atomic E-state index is 4.47. The predicted octanol–water partition coefficient (Wildman–Crippen LogP) is 2.25. The molecule has 1 saturated heterocycles. The summed E-state index contributed by atoms with van der Waals surface area (Å²) in [5.74, 6) is 3.08. The number of rotatable bonds is 5. The van der Waals surface area contributed by atoms with Crippen LogP contribution < -0.4 is 5.32 Å². The van der Waals surface area contributed by atoms with Crippen LogP contribution in [0.25, 0.3) is 6.08 Å². The van der Waals surface area contributed by atoms with Gasteiger partial charge in [-0.1, -0.05) is 42.5 Å². The van der Waals surface area contributed by atoms with Gasteiger partial charge in [-0.15, -0.1) is 34.2 Å². The predicted molar refractivity (Wildman–Crippen MR) is 127 cm³/mol. The number of halogens is 1. The summed E-state index contributed by atoms with van der Waals surface area (Å²) >= 11 is 0. The molecule has 2 aromatic rings. The number of aryl methyl sites for hydroxylation is 1. The quantitative estimate of drug-likeness (QED) is 0.382. The van der Waals surface area contributed by atoms with E-state index in [-0.39, 0.29) is 24.0 Å². The summed E-state index contributed by atoms with van der Waals surface area (Å²) < 4.78 is 2.23. The lowest BCUT2D eigenvalue weighted by atomic mass is 10.2. The first-order chi connectivity index (χ1) is 13.8. The van der Waals surface area contributed by atoms with Crippen molar-refractivity contribution in [3.8, 4) is 0 Å². The van der Waals surface area contributed by atoms with Gasteiger partial charge < -0.3 is 14.8 Å². The molecular weight excluding hydrogens is 477 g/mol. The topological polar surface area (TPSA) is 61.6 Å². The van der Waals surface area contributed by atoms with Crippen molar-refractivity contribution in [2.24, 2.45) is 4.99 Å². The van der Waals surface area contributed by atoms with Crippen molar-refractivity contribution in [1.29, 1.82) is 0 Å². The van der Waals surface area contributed by atoms with Crippen LogP contribution in [0.4, 0.5) is 0 Å². The average molecular weight is 507 g/mol. The summed E-state index contributed by atoms with van der Waals surface area (Å²) in [7, 11) is 1.85. The highest BCUT2D eigenvalue weighted by Gasteiger charge is 2.21. The summed E-state index contributed by atoms with van der Waals surface area (Å²) in [6, 6.07) is 10.5. The summed E-state index contributed by atoms with van der Waals surface area (Å²) in [6.07, 6.45) is 6.67. The summed E-state index contributed by atoms with van der Waals surface area (Å²) in [5.41, 5.74) is 1.26. The third kappa shape index (κ3) is 5.57. The van der Waals surface area contributed by atoms with E-state index in [1.165, 1.54) is 12.0 Å². The number of aliphatic imine (C=N–C) groups is 1. The van der Waals surface area contributed by atoms with Crippen molar-refractivity contribution in [2.45, 2.75) is 25.9 Å². The summed E-state index contributed by atoms with van der Waals surface area (Å²) in [6.45, 7) is 6.75. The second-order valence-electron chi connectivity index (χ2n) is 7.29. The molecule has 7 nitrogen and oxygen atoms in total. The van der Waals surface area contributed by atoms with Gasteiger partial charge in [-0.3, -0.25) is 9.89 Å². The molecule has 2 aliphatic heterocycles. The van der Waals surface area contributed by atoms with Gasteiger partial charge >= 0.3 is 0 Å². The van der Waals surface area contributed by atoms with Gasteiger partial charge in [-0.25, -0.2) is 0 Å². The van der Waals surface area contributed by atoms with Crippen LogP contribution in [0.5, 0.6) is 0 Å². The second kappa shape index (κ2) is 10.7. The van der Waals surface area contributed by atoms with Gasteiger partial charge in [0.05, 0.1) is 6.54 Å². The van der Waals surface area contributed by atoms with Crippen LogP contribution in [0.3, 0.4) is 0 Å². The minimum Gasteiger partial charge on any atom is -0.349 e. The van der Waals surface area contributed by atoms with Crippen LogP contribution in [0.2, 0.25) is 0 Å². The van der Waals surface area contributed by atoms with Crippen molar-refractivity contribution in [2.75, 3.05) is 39.8 Å². The highest BCUT2D eigenvalue weighted by molar-refractivity contribution is 14.0. The SMILES string of the molecule is CN=C(NCc1nnc2n1CCC2)N1CCN(CC=Cc2ccccc2)CC1.I. The number of aromatic nitrogens is 3. The number of fused-ring (bicyclic) bond motifs is 1. The Balaban J connectivity index is 0.00000240. The number of hydrogen-bond acceptors (Lipinski definition) is 4. The minimum atomic E-state index is 0. The molecule has 0 aliphatic carbocycles. The van der Waals surface area contributed by atoms with E-state index in [0.717, 1.165) is 63.3 Å². The molecule has 0 radical (unpaired) electrons. The zero-order valence-electron chi connectivity index (χ0n) is 17.0. The molecule has 0 amide bonds. The lowest BCUT2D eigenvalue weighted by Crippen LogP contribution is -2.52. The first-order valence-electron chi connectivity index (χ1n) is 10.1. The van der Waals surface area contributed by atoms with Gasteiger partial charge in [-0.05, 0) is 12.0 Å². The molecule has 1 N–H and O–H groups in total. The summed E-state index contributed by atoms with van der Waals surface area (Å²) in [5, 5.41) is 12.1. The third-order valence-electron chi connectivity index (χ3n) is 5.45. The lowest BCUT2D eigenvalue weighted by Gasteiger charge is -2.36. The van der Waals surface area contributed by atoms with Gasteiger partial charge in [0.25, 0.3) is 0 Å². The van der Waals surface area contributed by atoms with E-state index in [1.54, 1.807) is 0 Å². The van der Waals surface area contributed by atoms with Gasteiger partial charge in [0.1, 0.15) is 5.82 Å². The van der Waals surface area contributed by atoms with Crippen molar-refractivity contribution in [3.05, 3.63) is 53.6 Å². The Morgan fingerprint density at radius 2 is 1.90 bits per heavy atom. The lowest BCUT2D eigenvalue weighted by molar-refractivity contribution is 0.194. The summed E-state index contributed by atoms with van der Waals surface area (Å²) in [4.78, 5) is 9.29. The number of benzene rings is 1. The fraction of sp³-hybridized carbons (Fsp3) is 0.476. The Labute approximate surface area is 189 Å². The number of piperazine rings is 1. The van der Waals surface area contributed by atoms with E-state index in [4.69, 9.17) is 0 Å². The van der Waals surface area contributed by atoms with Crippen molar-refractivity contribution >= 4 is 36.0 Å². The zero-order chi connectivity index (χ0) is 19.2. The standard InChI is InChI=1S/C21H29N7.HI/c1-22-21(23-17-20-25-24-19-10-6-12-28(19)20)27-15-13-26(14-16-27)11-5-9-18-7-3-2-4-8-18;/h2-5,7-9H,6,10-17H2,1H3,(H,22,23);1H. The van der Waals surface area contributed by atoms with Crippen molar-refractivity contribution in [3.63, 3.8) is 0 Å². The Kier molecular flexibility index (Phi) is 8.05.